The van der Waals surface area contributed by atoms with Gasteiger partial charge >= 0.3 is 18.5 Å². The summed E-state index contributed by atoms with van der Waals surface area (Å²) in [5.41, 5.74) is -3.56. The highest BCUT2D eigenvalue weighted by molar-refractivity contribution is 6.06. The second-order valence-electron chi connectivity index (χ2n) is 9.14. The van der Waals surface area contributed by atoms with Crippen molar-refractivity contribution in [2.75, 3.05) is 14.2 Å². The number of fused-ring (bicyclic) bond motifs is 5. The Morgan fingerprint density at radius 1 is 0.711 bits per heavy atom. The number of ether oxygens (including phenoxy) is 2. The number of phenols is 1. The maximum absolute atomic E-state index is 13.7. The molecule has 0 fully saturated rings. The highest BCUT2D eigenvalue weighted by atomic mass is 19.4. The highest BCUT2D eigenvalue weighted by Gasteiger charge is 2.49. The first-order chi connectivity index (χ1) is 17.5. The summed E-state index contributed by atoms with van der Waals surface area (Å²) in [6, 6.07) is 6.20. The van der Waals surface area contributed by atoms with E-state index in [1.807, 2.05) is 0 Å². The van der Waals surface area contributed by atoms with Crippen molar-refractivity contribution in [1.29, 1.82) is 0 Å². The molecule has 0 aliphatic heterocycles. The summed E-state index contributed by atoms with van der Waals surface area (Å²) >= 11 is 0. The number of hydrogen-bond acceptors (Lipinski definition) is 3. The molecule has 206 valence electrons. The Kier molecular flexibility index (Phi) is 6.68. The number of methoxy groups -OCH3 is 2. The second kappa shape index (κ2) is 9.16. The first kappa shape index (κ1) is 27.7. The van der Waals surface area contributed by atoms with E-state index in [9.17, 15) is 44.6 Å². The lowest BCUT2D eigenvalue weighted by molar-refractivity contribution is -0.144. The molecule has 0 heterocycles. The van der Waals surface area contributed by atoms with E-state index in [2.05, 4.69) is 0 Å². The van der Waals surface area contributed by atoms with Crippen LogP contribution in [-0.4, -0.2) is 31.7 Å². The Bertz CT molecular complexity index is 1350. The Labute approximate surface area is 210 Å². The standard InChI is InChI=1S/C26H21F9O3/c1-37-20-10-15-16(11-21(20)38-2)22-14-4-3-13(26(33,34)35)9-17(14)23(5-7-24(27,28)29,6-8-25(30,31)32)18(22)12-19(15)36/h3-4,9-12,36H,5-8H2,1-2H3. The molecule has 0 atom stereocenters. The van der Waals surface area contributed by atoms with Crippen molar-refractivity contribution in [3.63, 3.8) is 0 Å². The van der Waals surface area contributed by atoms with Crippen molar-refractivity contribution in [2.24, 2.45) is 0 Å². The third-order valence-electron chi connectivity index (χ3n) is 6.94. The minimum Gasteiger partial charge on any atom is -0.507 e. The molecule has 1 aliphatic rings. The summed E-state index contributed by atoms with van der Waals surface area (Å²) in [7, 11) is 2.62. The van der Waals surface area contributed by atoms with Crippen LogP contribution in [0.3, 0.4) is 0 Å². The Morgan fingerprint density at radius 3 is 1.71 bits per heavy atom. The lowest BCUT2D eigenvalue weighted by Gasteiger charge is -2.34. The molecule has 0 saturated heterocycles. The molecule has 0 spiro atoms. The van der Waals surface area contributed by atoms with Crippen LogP contribution in [0.15, 0.2) is 36.4 Å². The molecule has 12 heteroatoms. The van der Waals surface area contributed by atoms with Crippen molar-refractivity contribution >= 4 is 10.8 Å². The average molecular weight is 552 g/mol. The maximum atomic E-state index is 13.7. The second-order valence-corrected chi connectivity index (χ2v) is 9.14. The van der Waals surface area contributed by atoms with Crippen LogP contribution >= 0.6 is 0 Å². The summed E-state index contributed by atoms with van der Waals surface area (Å²) in [5.74, 6) is -0.155. The Morgan fingerprint density at radius 2 is 1.24 bits per heavy atom. The van der Waals surface area contributed by atoms with Crippen LogP contribution < -0.4 is 9.47 Å². The van der Waals surface area contributed by atoms with Gasteiger partial charge in [0.25, 0.3) is 0 Å². The molecule has 0 saturated carbocycles. The smallest absolute Gasteiger partial charge is 0.416 e. The zero-order valence-electron chi connectivity index (χ0n) is 20.0. The lowest BCUT2D eigenvalue weighted by atomic mass is 9.70. The summed E-state index contributed by atoms with van der Waals surface area (Å²) < 4.78 is 132. The normalized spacial score (nSPS) is 14.9. The fourth-order valence-electron chi connectivity index (χ4n) is 5.25. The number of rotatable bonds is 6. The fraction of sp³-hybridized carbons (Fsp3) is 0.385. The van der Waals surface area contributed by atoms with Crippen LogP contribution in [0, 0.1) is 0 Å². The van der Waals surface area contributed by atoms with E-state index >= 15 is 0 Å². The Hall–Kier alpha value is -3.31. The maximum Gasteiger partial charge on any atom is 0.416 e. The average Bonchev–Trinajstić information content (AvgIpc) is 3.08. The van der Waals surface area contributed by atoms with E-state index in [1.165, 1.54) is 26.4 Å². The van der Waals surface area contributed by atoms with Crippen molar-refractivity contribution in [1.82, 2.24) is 0 Å². The predicted octanol–water partition coefficient (Wildman–Crippen LogP) is 8.53. The molecule has 0 bridgehead atoms. The largest absolute Gasteiger partial charge is 0.507 e. The number of alkyl halides is 9. The molecule has 1 aliphatic carbocycles. The zero-order valence-corrected chi connectivity index (χ0v) is 20.0. The SMILES string of the molecule is COc1cc2c(O)cc3c(c2cc1OC)-c1ccc(C(F)(F)F)cc1C3(CCC(F)(F)F)CCC(F)(F)F. The molecule has 0 unspecified atom stereocenters. The minimum atomic E-state index is -4.90. The van der Waals surface area contributed by atoms with E-state index in [-0.39, 0.29) is 44.5 Å². The summed E-state index contributed by atoms with van der Waals surface area (Å²) in [6.07, 6.45) is -19.5. The summed E-state index contributed by atoms with van der Waals surface area (Å²) in [6.45, 7) is 0. The number of aromatic hydroxyl groups is 1. The zero-order chi connectivity index (χ0) is 28.3. The summed E-state index contributed by atoms with van der Waals surface area (Å²) in [4.78, 5) is 0. The Balaban J connectivity index is 2.12. The molecule has 38 heavy (non-hydrogen) atoms. The van der Waals surface area contributed by atoms with Gasteiger partial charge in [-0.1, -0.05) is 6.07 Å². The number of phenolic OH excluding ortho intramolecular Hbond substituents is 1. The molecule has 3 aromatic rings. The van der Waals surface area contributed by atoms with Crippen LogP contribution in [0.2, 0.25) is 0 Å². The summed E-state index contributed by atoms with van der Waals surface area (Å²) in [5, 5.41) is 11.2. The molecule has 3 aromatic carbocycles. The topological polar surface area (TPSA) is 38.7 Å². The van der Waals surface area contributed by atoms with E-state index in [1.54, 1.807) is 0 Å². The van der Waals surface area contributed by atoms with Crippen LogP contribution in [0.1, 0.15) is 42.4 Å². The van der Waals surface area contributed by atoms with Gasteiger partial charge in [-0.25, -0.2) is 0 Å². The third-order valence-corrected chi connectivity index (χ3v) is 6.94. The monoisotopic (exact) mass is 552 g/mol. The van der Waals surface area contributed by atoms with E-state index in [0.29, 0.717) is 6.07 Å². The van der Waals surface area contributed by atoms with Crippen LogP contribution in [-0.2, 0) is 11.6 Å². The van der Waals surface area contributed by atoms with E-state index in [0.717, 1.165) is 18.2 Å². The van der Waals surface area contributed by atoms with Crippen molar-refractivity contribution in [3.8, 4) is 28.4 Å². The van der Waals surface area contributed by atoms with Crippen LogP contribution in [0.4, 0.5) is 39.5 Å². The van der Waals surface area contributed by atoms with Gasteiger partial charge in [0.05, 0.1) is 19.8 Å². The number of benzene rings is 3. The molecular weight excluding hydrogens is 531 g/mol. The van der Waals surface area contributed by atoms with Crippen LogP contribution in [0.5, 0.6) is 17.2 Å². The van der Waals surface area contributed by atoms with Gasteiger partial charge in [0.2, 0.25) is 0 Å². The molecule has 3 nitrogen and oxygen atoms in total. The van der Waals surface area contributed by atoms with Crippen molar-refractivity contribution < 1.29 is 54.1 Å². The van der Waals surface area contributed by atoms with Gasteiger partial charge in [-0.05, 0) is 70.8 Å². The van der Waals surface area contributed by atoms with Gasteiger partial charge in [-0.15, -0.1) is 0 Å². The lowest BCUT2D eigenvalue weighted by Crippen LogP contribution is -2.30. The van der Waals surface area contributed by atoms with Gasteiger partial charge in [0.1, 0.15) is 5.75 Å². The molecule has 0 aromatic heterocycles. The van der Waals surface area contributed by atoms with E-state index in [4.69, 9.17) is 9.47 Å². The molecule has 1 N–H and O–H groups in total. The fourth-order valence-corrected chi connectivity index (χ4v) is 5.25. The quantitative estimate of drug-likeness (QED) is 0.312. The van der Waals surface area contributed by atoms with Crippen LogP contribution in [0.25, 0.3) is 21.9 Å². The molecular formula is C26H21F9O3. The predicted molar refractivity (Wildman–Crippen MR) is 121 cm³/mol. The first-order valence-electron chi connectivity index (χ1n) is 11.3. The van der Waals surface area contributed by atoms with Crippen molar-refractivity contribution in [3.05, 3.63) is 53.1 Å². The molecule has 0 radical (unpaired) electrons. The van der Waals surface area contributed by atoms with Gasteiger partial charge < -0.3 is 14.6 Å². The van der Waals surface area contributed by atoms with Gasteiger partial charge in [0.15, 0.2) is 11.5 Å². The van der Waals surface area contributed by atoms with Gasteiger partial charge in [-0.3, -0.25) is 0 Å². The van der Waals surface area contributed by atoms with Gasteiger partial charge in [-0.2, -0.15) is 39.5 Å². The molecule has 0 amide bonds. The van der Waals surface area contributed by atoms with Gasteiger partial charge in [0, 0.05) is 23.6 Å². The first-order valence-corrected chi connectivity index (χ1v) is 11.3. The van der Waals surface area contributed by atoms with Crippen molar-refractivity contribution in [2.45, 2.75) is 49.6 Å². The minimum absolute atomic E-state index is 0.0505. The van der Waals surface area contributed by atoms with E-state index < -0.39 is 60.9 Å². The molecule has 4 rings (SSSR count). The number of halogens is 9. The highest BCUT2D eigenvalue weighted by Crippen LogP contribution is 2.59. The number of hydrogen-bond donors (Lipinski definition) is 1. The third kappa shape index (κ3) is 4.92.